The molecule has 2 unspecified atom stereocenters. The molecule has 0 radical (unpaired) electrons. The first-order valence-electron chi connectivity index (χ1n) is 5.96. The largest absolute Gasteiger partial charge is 0.461 e. The molecule has 0 aliphatic carbocycles. The number of rotatable bonds is 4. The van der Waals surface area contributed by atoms with Crippen LogP contribution in [-0.2, 0) is 0 Å². The van der Waals surface area contributed by atoms with Crippen LogP contribution in [0.4, 0.5) is 0 Å². The zero-order chi connectivity index (χ0) is 12.4. The summed E-state index contributed by atoms with van der Waals surface area (Å²) in [7, 11) is 1.98. The average Bonchev–Trinajstić information content (AvgIpc) is 2.71. The van der Waals surface area contributed by atoms with Crippen LogP contribution in [0.25, 0.3) is 11.0 Å². The fourth-order valence-corrected chi connectivity index (χ4v) is 2.22. The molecule has 2 atom stereocenters. The smallest absolute Gasteiger partial charge is 0.134 e. The van der Waals surface area contributed by atoms with Gasteiger partial charge in [-0.25, -0.2) is 0 Å². The molecule has 0 aliphatic heterocycles. The maximum Gasteiger partial charge on any atom is 0.134 e. The van der Waals surface area contributed by atoms with Gasteiger partial charge in [0, 0.05) is 22.4 Å². The predicted octanol–water partition coefficient (Wildman–Crippen LogP) is 4.19. The Morgan fingerprint density at radius 1 is 1.29 bits per heavy atom. The van der Waals surface area contributed by atoms with Crippen molar-refractivity contribution in [2.24, 2.45) is 0 Å². The minimum Gasteiger partial charge on any atom is -0.461 e. The van der Waals surface area contributed by atoms with Gasteiger partial charge in [0.25, 0.3) is 0 Å². The summed E-state index contributed by atoms with van der Waals surface area (Å²) in [6.07, 6.45) is 1.06. The highest BCUT2D eigenvalue weighted by Crippen LogP contribution is 2.29. The summed E-state index contributed by atoms with van der Waals surface area (Å²) < 4.78 is 5.84. The summed E-state index contributed by atoms with van der Waals surface area (Å²) in [6.45, 7) is 4.36. The average molecular weight is 252 g/mol. The van der Waals surface area contributed by atoms with E-state index >= 15 is 0 Å². The summed E-state index contributed by atoms with van der Waals surface area (Å²) in [5, 5.41) is 5.08. The van der Waals surface area contributed by atoms with E-state index in [9.17, 15) is 0 Å². The molecule has 1 aromatic carbocycles. The van der Waals surface area contributed by atoms with E-state index < -0.39 is 0 Å². The van der Waals surface area contributed by atoms with Crippen molar-refractivity contribution in [3.05, 3.63) is 35.0 Å². The number of furan rings is 1. The van der Waals surface area contributed by atoms with Gasteiger partial charge < -0.3 is 9.73 Å². The van der Waals surface area contributed by atoms with Crippen LogP contribution in [0.15, 0.2) is 28.7 Å². The highest BCUT2D eigenvalue weighted by atomic mass is 35.5. The summed E-state index contributed by atoms with van der Waals surface area (Å²) in [5.74, 6) is 1.44. The summed E-state index contributed by atoms with van der Waals surface area (Å²) in [5.41, 5.74) is 0.911. The zero-order valence-electron chi connectivity index (χ0n) is 10.5. The van der Waals surface area contributed by atoms with Crippen LogP contribution in [0.2, 0.25) is 5.02 Å². The Morgan fingerprint density at radius 3 is 2.76 bits per heavy atom. The van der Waals surface area contributed by atoms with Gasteiger partial charge in [0.1, 0.15) is 11.3 Å². The molecule has 0 spiro atoms. The van der Waals surface area contributed by atoms with Gasteiger partial charge >= 0.3 is 0 Å². The lowest BCUT2D eigenvalue weighted by Crippen LogP contribution is -2.22. The van der Waals surface area contributed by atoms with Crippen LogP contribution in [0.1, 0.15) is 31.9 Å². The molecule has 1 N–H and O–H groups in total. The van der Waals surface area contributed by atoms with E-state index in [2.05, 4.69) is 25.2 Å². The maximum atomic E-state index is 5.96. The predicted molar refractivity (Wildman–Crippen MR) is 72.8 cm³/mol. The number of halogens is 1. The molecule has 2 nitrogen and oxygen atoms in total. The Balaban J connectivity index is 2.24. The molecule has 2 aromatic rings. The number of nitrogens with one attached hydrogen (secondary N) is 1. The van der Waals surface area contributed by atoms with Crippen LogP contribution in [0.3, 0.4) is 0 Å². The highest BCUT2D eigenvalue weighted by molar-refractivity contribution is 6.31. The van der Waals surface area contributed by atoms with E-state index in [1.54, 1.807) is 0 Å². The number of hydrogen-bond donors (Lipinski definition) is 1. The third-order valence-corrected chi connectivity index (χ3v) is 3.42. The van der Waals surface area contributed by atoms with E-state index in [0.29, 0.717) is 12.0 Å². The normalized spacial score (nSPS) is 15.1. The molecule has 2 rings (SSSR count). The van der Waals surface area contributed by atoms with Crippen molar-refractivity contribution in [3.63, 3.8) is 0 Å². The van der Waals surface area contributed by atoms with E-state index in [1.165, 1.54) is 0 Å². The van der Waals surface area contributed by atoms with Crippen molar-refractivity contribution in [3.8, 4) is 0 Å². The molecular formula is C14H18ClNO. The molecule has 3 heteroatoms. The molecule has 92 valence electrons. The van der Waals surface area contributed by atoms with Crippen molar-refractivity contribution in [2.45, 2.75) is 32.2 Å². The molecule has 1 heterocycles. The summed E-state index contributed by atoms with van der Waals surface area (Å²) >= 11 is 5.96. The van der Waals surface area contributed by atoms with Crippen LogP contribution < -0.4 is 5.32 Å². The lowest BCUT2D eigenvalue weighted by Gasteiger charge is -2.14. The Morgan fingerprint density at radius 2 is 2.06 bits per heavy atom. The standard InChI is InChI=1S/C14H18ClNO/c1-9(6-10(2)16-3)14-8-11-7-12(15)4-5-13(11)17-14/h4-5,7-10,16H,6H2,1-3H3. The SMILES string of the molecule is CNC(C)CC(C)c1cc2cc(Cl)ccc2o1. The molecule has 17 heavy (non-hydrogen) atoms. The molecule has 0 bridgehead atoms. The van der Waals surface area contributed by atoms with Crippen LogP contribution in [0.5, 0.6) is 0 Å². The maximum absolute atomic E-state index is 5.96. The Bertz CT molecular complexity index is 506. The third kappa shape index (κ3) is 2.82. The minimum atomic E-state index is 0.406. The van der Waals surface area contributed by atoms with Gasteiger partial charge in [-0.3, -0.25) is 0 Å². The highest BCUT2D eigenvalue weighted by Gasteiger charge is 2.14. The van der Waals surface area contributed by atoms with Gasteiger partial charge in [-0.2, -0.15) is 0 Å². The van der Waals surface area contributed by atoms with Crippen molar-refractivity contribution in [1.29, 1.82) is 0 Å². The van der Waals surface area contributed by atoms with Gasteiger partial charge in [-0.1, -0.05) is 18.5 Å². The second-order valence-corrected chi connectivity index (χ2v) is 5.09. The van der Waals surface area contributed by atoms with E-state index in [4.69, 9.17) is 16.0 Å². The van der Waals surface area contributed by atoms with Crippen molar-refractivity contribution in [1.82, 2.24) is 5.32 Å². The molecule has 0 saturated carbocycles. The lowest BCUT2D eigenvalue weighted by atomic mass is 10.0. The van der Waals surface area contributed by atoms with Crippen molar-refractivity contribution in [2.75, 3.05) is 7.05 Å². The number of benzene rings is 1. The molecular weight excluding hydrogens is 234 g/mol. The van der Waals surface area contributed by atoms with Crippen LogP contribution in [0, 0.1) is 0 Å². The molecule has 0 saturated heterocycles. The first kappa shape index (κ1) is 12.5. The summed E-state index contributed by atoms with van der Waals surface area (Å²) in [6, 6.07) is 8.31. The number of fused-ring (bicyclic) bond motifs is 1. The fraction of sp³-hybridized carbons (Fsp3) is 0.429. The summed E-state index contributed by atoms with van der Waals surface area (Å²) in [4.78, 5) is 0. The monoisotopic (exact) mass is 251 g/mol. The Hall–Kier alpha value is -0.990. The molecule has 1 aromatic heterocycles. The van der Waals surface area contributed by atoms with Gasteiger partial charge in [-0.15, -0.1) is 0 Å². The van der Waals surface area contributed by atoms with Crippen LogP contribution >= 0.6 is 11.6 Å². The van der Waals surface area contributed by atoms with Crippen molar-refractivity contribution >= 4 is 22.6 Å². The quantitative estimate of drug-likeness (QED) is 0.882. The first-order valence-corrected chi connectivity index (χ1v) is 6.34. The van der Waals surface area contributed by atoms with E-state index in [1.807, 2.05) is 25.2 Å². The number of hydrogen-bond acceptors (Lipinski definition) is 2. The fourth-order valence-electron chi connectivity index (χ4n) is 2.04. The first-order chi connectivity index (χ1) is 8.10. The minimum absolute atomic E-state index is 0.406. The Labute approximate surface area is 107 Å². The molecule has 0 aliphatic rings. The van der Waals surface area contributed by atoms with Crippen LogP contribution in [-0.4, -0.2) is 13.1 Å². The third-order valence-electron chi connectivity index (χ3n) is 3.18. The van der Waals surface area contributed by atoms with Gasteiger partial charge in [0.2, 0.25) is 0 Å². The van der Waals surface area contributed by atoms with Crippen molar-refractivity contribution < 1.29 is 4.42 Å². The molecule has 0 amide bonds. The van der Waals surface area contributed by atoms with Gasteiger partial charge in [-0.05, 0) is 44.7 Å². The van der Waals surface area contributed by atoms with Gasteiger partial charge in [0.15, 0.2) is 0 Å². The second-order valence-electron chi connectivity index (χ2n) is 4.66. The van der Waals surface area contributed by atoms with Gasteiger partial charge in [0.05, 0.1) is 0 Å². The topological polar surface area (TPSA) is 25.2 Å². The zero-order valence-corrected chi connectivity index (χ0v) is 11.2. The Kier molecular flexibility index (Phi) is 3.75. The van der Waals surface area contributed by atoms with E-state index in [0.717, 1.165) is 28.2 Å². The lowest BCUT2D eigenvalue weighted by molar-refractivity contribution is 0.445. The molecule has 0 fully saturated rings. The second kappa shape index (κ2) is 5.11. The van der Waals surface area contributed by atoms with E-state index in [-0.39, 0.29) is 0 Å².